The normalized spacial score (nSPS) is 18.2. The van der Waals surface area contributed by atoms with Crippen LogP contribution in [0.2, 0.25) is 0 Å². The van der Waals surface area contributed by atoms with Crippen molar-refractivity contribution >= 4 is 5.91 Å². The molecule has 1 fully saturated rings. The molecule has 0 aliphatic carbocycles. The summed E-state index contributed by atoms with van der Waals surface area (Å²) in [5.41, 5.74) is 1.39. The molecule has 2 aromatic rings. The quantitative estimate of drug-likeness (QED) is 0.840. The molecule has 1 atom stereocenters. The molecule has 0 spiro atoms. The van der Waals surface area contributed by atoms with Crippen LogP contribution < -0.4 is 0 Å². The molecule has 1 saturated heterocycles. The van der Waals surface area contributed by atoms with E-state index < -0.39 is 5.82 Å². The van der Waals surface area contributed by atoms with Crippen molar-refractivity contribution in [2.24, 2.45) is 0 Å². The molecule has 2 aromatic carbocycles. The average Bonchev–Trinajstić information content (AvgIpc) is 2.97. The van der Waals surface area contributed by atoms with Gasteiger partial charge in [0.05, 0.1) is 6.54 Å². The Kier molecular flexibility index (Phi) is 3.48. The van der Waals surface area contributed by atoms with Gasteiger partial charge in [0.1, 0.15) is 18.7 Å². The van der Waals surface area contributed by atoms with Crippen LogP contribution in [-0.4, -0.2) is 24.1 Å². The average molecular weight is 271 g/mol. The van der Waals surface area contributed by atoms with Crippen LogP contribution in [0.5, 0.6) is 0 Å². The molecular weight excluding hydrogens is 257 g/mol. The van der Waals surface area contributed by atoms with Crippen molar-refractivity contribution in [2.75, 3.05) is 13.3 Å². The van der Waals surface area contributed by atoms with Gasteiger partial charge in [0.2, 0.25) is 0 Å². The summed E-state index contributed by atoms with van der Waals surface area (Å²) >= 11 is 0. The first-order chi connectivity index (χ1) is 9.74. The highest BCUT2D eigenvalue weighted by atomic mass is 19.1. The summed E-state index contributed by atoms with van der Waals surface area (Å²) in [5, 5.41) is 0. The zero-order valence-corrected chi connectivity index (χ0v) is 10.8. The molecule has 4 heteroatoms. The molecule has 20 heavy (non-hydrogen) atoms. The van der Waals surface area contributed by atoms with E-state index in [0.29, 0.717) is 12.1 Å². The van der Waals surface area contributed by atoms with Crippen molar-refractivity contribution in [3.63, 3.8) is 0 Å². The number of benzene rings is 2. The molecule has 1 unspecified atom stereocenters. The van der Waals surface area contributed by atoms with Crippen LogP contribution in [0.4, 0.5) is 4.39 Å². The molecular formula is C16H14FNO2. The standard InChI is InChI=1S/C16H14FNO2/c17-14-8-4-7-13(9-14)16(19)18-10-15(20-11-18)12-5-2-1-3-6-12/h1-9,15H,10-11H2. The second-order valence-corrected chi connectivity index (χ2v) is 4.73. The van der Waals surface area contributed by atoms with Crippen molar-refractivity contribution in [1.29, 1.82) is 0 Å². The SMILES string of the molecule is O=C(c1cccc(F)c1)N1COC(c2ccccc2)C1. The van der Waals surface area contributed by atoms with Gasteiger partial charge in [-0.25, -0.2) is 4.39 Å². The molecule has 0 N–H and O–H groups in total. The maximum atomic E-state index is 13.2. The summed E-state index contributed by atoms with van der Waals surface area (Å²) in [6.07, 6.45) is -0.117. The van der Waals surface area contributed by atoms with Crippen LogP contribution in [0.25, 0.3) is 0 Å². The summed E-state index contributed by atoms with van der Waals surface area (Å²) in [4.78, 5) is 13.8. The van der Waals surface area contributed by atoms with Crippen LogP contribution >= 0.6 is 0 Å². The molecule has 102 valence electrons. The highest BCUT2D eigenvalue weighted by Crippen LogP contribution is 2.25. The topological polar surface area (TPSA) is 29.5 Å². The number of amides is 1. The molecule has 3 nitrogen and oxygen atoms in total. The Balaban J connectivity index is 1.73. The number of carbonyl (C=O) groups excluding carboxylic acids is 1. The van der Waals surface area contributed by atoms with E-state index in [1.807, 2.05) is 30.3 Å². The van der Waals surface area contributed by atoms with Crippen molar-refractivity contribution in [3.8, 4) is 0 Å². The molecule has 0 bridgehead atoms. The fourth-order valence-corrected chi connectivity index (χ4v) is 2.30. The van der Waals surface area contributed by atoms with Gasteiger partial charge in [-0.3, -0.25) is 4.79 Å². The van der Waals surface area contributed by atoms with E-state index in [4.69, 9.17) is 4.74 Å². The van der Waals surface area contributed by atoms with E-state index in [-0.39, 0.29) is 18.7 Å². The Bertz CT molecular complexity index is 615. The summed E-state index contributed by atoms with van der Waals surface area (Å²) in [7, 11) is 0. The van der Waals surface area contributed by atoms with Crippen molar-refractivity contribution < 1.29 is 13.9 Å². The number of halogens is 1. The number of carbonyl (C=O) groups is 1. The molecule has 0 radical (unpaired) electrons. The second-order valence-electron chi connectivity index (χ2n) is 4.73. The fraction of sp³-hybridized carbons (Fsp3) is 0.188. The van der Waals surface area contributed by atoms with Crippen molar-refractivity contribution in [1.82, 2.24) is 4.90 Å². The maximum Gasteiger partial charge on any atom is 0.255 e. The van der Waals surface area contributed by atoms with E-state index in [0.717, 1.165) is 5.56 Å². The molecule has 3 rings (SSSR count). The van der Waals surface area contributed by atoms with Gasteiger partial charge in [0.25, 0.3) is 5.91 Å². The van der Waals surface area contributed by atoms with E-state index in [1.54, 1.807) is 11.0 Å². The maximum absolute atomic E-state index is 13.2. The molecule has 0 saturated carbocycles. The highest BCUT2D eigenvalue weighted by Gasteiger charge is 2.28. The van der Waals surface area contributed by atoms with Gasteiger partial charge in [-0.05, 0) is 23.8 Å². The van der Waals surface area contributed by atoms with Gasteiger partial charge in [-0.15, -0.1) is 0 Å². The van der Waals surface area contributed by atoms with Gasteiger partial charge in [-0.2, -0.15) is 0 Å². The highest BCUT2D eigenvalue weighted by molar-refractivity contribution is 5.94. The van der Waals surface area contributed by atoms with Crippen LogP contribution in [0, 0.1) is 5.82 Å². The largest absolute Gasteiger partial charge is 0.351 e. The van der Waals surface area contributed by atoms with E-state index in [2.05, 4.69) is 0 Å². The third-order valence-corrected chi connectivity index (χ3v) is 3.35. The minimum atomic E-state index is -0.407. The Morgan fingerprint density at radius 1 is 1.15 bits per heavy atom. The number of rotatable bonds is 2. The zero-order chi connectivity index (χ0) is 13.9. The van der Waals surface area contributed by atoms with Gasteiger partial charge >= 0.3 is 0 Å². The number of ether oxygens (including phenoxy) is 1. The van der Waals surface area contributed by atoms with Crippen molar-refractivity contribution in [2.45, 2.75) is 6.10 Å². The summed E-state index contributed by atoms with van der Waals surface area (Å²) in [6, 6.07) is 15.5. The number of hydrogen-bond acceptors (Lipinski definition) is 2. The van der Waals surface area contributed by atoms with E-state index in [1.165, 1.54) is 18.2 Å². The second kappa shape index (κ2) is 5.43. The molecule has 1 heterocycles. The lowest BCUT2D eigenvalue weighted by molar-refractivity contribution is 0.0630. The van der Waals surface area contributed by atoms with E-state index >= 15 is 0 Å². The minimum absolute atomic E-state index is 0.117. The Morgan fingerprint density at radius 3 is 2.70 bits per heavy atom. The third kappa shape index (κ3) is 2.56. The summed E-state index contributed by atoms with van der Waals surface area (Å²) in [5.74, 6) is -0.612. The number of hydrogen-bond donors (Lipinski definition) is 0. The molecule has 1 aliphatic rings. The summed E-state index contributed by atoms with van der Waals surface area (Å²) < 4.78 is 18.8. The van der Waals surface area contributed by atoms with Crippen molar-refractivity contribution in [3.05, 3.63) is 71.5 Å². The predicted octanol–water partition coefficient (Wildman–Crippen LogP) is 3.00. The lowest BCUT2D eigenvalue weighted by atomic mass is 10.1. The zero-order valence-electron chi connectivity index (χ0n) is 10.8. The lowest BCUT2D eigenvalue weighted by Gasteiger charge is -2.14. The summed E-state index contributed by atoms with van der Waals surface area (Å²) in [6.45, 7) is 0.717. The third-order valence-electron chi connectivity index (χ3n) is 3.35. The van der Waals surface area contributed by atoms with Crippen LogP contribution in [0.15, 0.2) is 54.6 Å². The van der Waals surface area contributed by atoms with Gasteiger partial charge in [-0.1, -0.05) is 36.4 Å². The lowest BCUT2D eigenvalue weighted by Crippen LogP contribution is -2.28. The predicted molar refractivity (Wildman–Crippen MR) is 72.6 cm³/mol. The smallest absolute Gasteiger partial charge is 0.255 e. The van der Waals surface area contributed by atoms with Crippen LogP contribution in [0.3, 0.4) is 0 Å². The Morgan fingerprint density at radius 2 is 1.95 bits per heavy atom. The van der Waals surface area contributed by atoms with Gasteiger partial charge in [0, 0.05) is 5.56 Å². The molecule has 1 amide bonds. The van der Waals surface area contributed by atoms with Crippen LogP contribution in [0.1, 0.15) is 22.0 Å². The fourth-order valence-electron chi connectivity index (χ4n) is 2.30. The van der Waals surface area contributed by atoms with Crippen LogP contribution in [-0.2, 0) is 4.74 Å². The monoisotopic (exact) mass is 271 g/mol. The minimum Gasteiger partial charge on any atom is -0.351 e. The Hall–Kier alpha value is -2.20. The Labute approximate surface area is 116 Å². The number of nitrogens with zero attached hydrogens (tertiary/aromatic N) is 1. The first-order valence-corrected chi connectivity index (χ1v) is 6.45. The molecule has 1 aliphatic heterocycles. The van der Waals surface area contributed by atoms with Gasteiger partial charge < -0.3 is 9.64 Å². The molecule has 0 aromatic heterocycles. The first kappa shape index (κ1) is 12.8. The van der Waals surface area contributed by atoms with Gasteiger partial charge in [0.15, 0.2) is 0 Å². The van der Waals surface area contributed by atoms with E-state index in [9.17, 15) is 9.18 Å². The first-order valence-electron chi connectivity index (χ1n) is 6.45.